The predicted octanol–water partition coefficient (Wildman–Crippen LogP) is 5.70. The van der Waals surface area contributed by atoms with Crippen LogP contribution >= 0.6 is 34.2 Å². The Morgan fingerprint density at radius 2 is 1.65 bits per heavy atom. The number of aryl methyl sites for hydroxylation is 3. The molecule has 0 heterocycles. The fourth-order valence-electron chi connectivity index (χ4n) is 2.98. The third-order valence-electron chi connectivity index (χ3n) is 4.80. The molecular weight excluding hydrogens is 547 g/mol. The smallest absolute Gasteiger partial charge is 0.264 e. The highest BCUT2D eigenvalue weighted by Gasteiger charge is 2.27. The number of anilines is 2. The SMILES string of the molecule is Cc1ccc(S(=O)(=O)N(CC(=O)Nc2ccc(I)cc2C)c2ccc(C)c(Cl)c2)cc1. The first-order valence-electron chi connectivity index (χ1n) is 9.49. The number of benzene rings is 3. The van der Waals surface area contributed by atoms with Crippen molar-refractivity contribution in [3.8, 4) is 0 Å². The molecule has 3 rings (SSSR count). The summed E-state index contributed by atoms with van der Waals surface area (Å²) in [7, 11) is -3.99. The van der Waals surface area contributed by atoms with Gasteiger partial charge in [-0.3, -0.25) is 9.10 Å². The normalized spacial score (nSPS) is 11.3. The van der Waals surface area contributed by atoms with Crippen molar-refractivity contribution in [3.05, 3.63) is 85.9 Å². The molecule has 0 bridgehead atoms. The van der Waals surface area contributed by atoms with Gasteiger partial charge in [0.25, 0.3) is 10.0 Å². The van der Waals surface area contributed by atoms with Crippen LogP contribution < -0.4 is 9.62 Å². The molecule has 0 atom stereocenters. The van der Waals surface area contributed by atoms with Gasteiger partial charge in [-0.15, -0.1) is 0 Å². The van der Waals surface area contributed by atoms with Crippen LogP contribution in [0.15, 0.2) is 65.6 Å². The van der Waals surface area contributed by atoms with E-state index in [0.29, 0.717) is 16.4 Å². The molecular formula is C23H22ClIN2O3S. The van der Waals surface area contributed by atoms with Crippen LogP contribution in [-0.2, 0) is 14.8 Å². The number of carbonyl (C=O) groups excluding carboxylic acids is 1. The van der Waals surface area contributed by atoms with Crippen molar-refractivity contribution >= 4 is 61.5 Å². The van der Waals surface area contributed by atoms with Crippen LogP contribution in [0.3, 0.4) is 0 Å². The van der Waals surface area contributed by atoms with Gasteiger partial charge in [0.05, 0.1) is 10.6 Å². The Labute approximate surface area is 201 Å². The van der Waals surface area contributed by atoms with Gasteiger partial charge in [-0.25, -0.2) is 8.42 Å². The van der Waals surface area contributed by atoms with Crippen molar-refractivity contribution in [2.45, 2.75) is 25.7 Å². The van der Waals surface area contributed by atoms with Gasteiger partial charge >= 0.3 is 0 Å². The van der Waals surface area contributed by atoms with Gasteiger partial charge in [-0.2, -0.15) is 0 Å². The molecule has 8 heteroatoms. The van der Waals surface area contributed by atoms with Gasteiger partial charge in [0.2, 0.25) is 5.91 Å². The first-order valence-corrected chi connectivity index (χ1v) is 12.4. The lowest BCUT2D eigenvalue weighted by atomic mass is 10.2. The van der Waals surface area contributed by atoms with Crippen LogP contribution in [0.2, 0.25) is 5.02 Å². The standard InChI is InChI=1S/C23H22ClIN2O3S/c1-15-4-9-20(10-5-15)31(29,30)27(19-8-6-16(2)21(24)13-19)14-23(28)26-22-11-7-18(25)12-17(22)3/h4-13H,14H2,1-3H3,(H,26,28). The second-order valence-electron chi connectivity index (χ2n) is 7.27. The van der Waals surface area contributed by atoms with E-state index < -0.39 is 15.9 Å². The molecule has 0 radical (unpaired) electrons. The van der Waals surface area contributed by atoms with E-state index in [2.05, 4.69) is 27.9 Å². The van der Waals surface area contributed by atoms with Crippen LogP contribution in [-0.4, -0.2) is 20.9 Å². The first kappa shape index (κ1) is 23.6. The lowest BCUT2D eigenvalue weighted by molar-refractivity contribution is -0.114. The summed E-state index contributed by atoms with van der Waals surface area (Å²) < 4.78 is 29.0. The molecule has 0 aromatic heterocycles. The largest absolute Gasteiger partial charge is 0.324 e. The summed E-state index contributed by atoms with van der Waals surface area (Å²) >= 11 is 8.45. The molecule has 5 nitrogen and oxygen atoms in total. The summed E-state index contributed by atoms with van der Waals surface area (Å²) in [5, 5.41) is 3.24. The summed E-state index contributed by atoms with van der Waals surface area (Å²) in [6.45, 7) is 5.21. The van der Waals surface area contributed by atoms with Gasteiger partial charge in [-0.1, -0.05) is 35.4 Å². The molecule has 3 aromatic rings. The quantitative estimate of drug-likeness (QED) is 0.388. The maximum atomic E-state index is 13.4. The predicted molar refractivity (Wildman–Crippen MR) is 134 cm³/mol. The fraction of sp³-hybridized carbons (Fsp3) is 0.174. The Bertz CT molecular complexity index is 1230. The Balaban J connectivity index is 1.98. The zero-order chi connectivity index (χ0) is 22.8. The minimum atomic E-state index is -3.99. The second-order valence-corrected chi connectivity index (χ2v) is 10.8. The zero-order valence-electron chi connectivity index (χ0n) is 17.3. The van der Waals surface area contributed by atoms with Crippen molar-refractivity contribution in [2.75, 3.05) is 16.2 Å². The van der Waals surface area contributed by atoms with Crippen LogP contribution in [0, 0.1) is 24.3 Å². The lowest BCUT2D eigenvalue weighted by Gasteiger charge is -2.25. The third kappa shape index (κ3) is 5.58. The molecule has 1 amide bonds. The number of carbonyl (C=O) groups is 1. The van der Waals surface area contributed by atoms with E-state index >= 15 is 0 Å². The number of rotatable bonds is 6. The van der Waals surface area contributed by atoms with E-state index in [1.165, 1.54) is 12.1 Å². The van der Waals surface area contributed by atoms with Gasteiger partial charge in [0, 0.05) is 14.3 Å². The molecule has 0 aliphatic rings. The van der Waals surface area contributed by atoms with Crippen LogP contribution in [0.5, 0.6) is 0 Å². The van der Waals surface area contributed by atoms with Gasteiger partial charge in [-0.05, 0) is 97.0 Å². The molecule has 0 saturated heterocycles. The Morgan fingerprint density at radius 1 is 0.968 bits per heavy atom. The van der Waals surface area contributed by atoms with E-state index in [1.54, 1.807) is 36.4 Å². The maximum Gasteiger partial charge on any atom is 0.264 e. The molecule has 3 aromatic carbocycles. The molecule has 0 spiro atoms. The lowest BCUT2D eigenvalue weighted by Crippen LogP contribution is -2.38. The van der Waals surface area contributed by atoms with E-state index in [1.807, 2.05) is 32.9 Å². The molecule has 1 N–H and O–H groups in total. The molecule has 0 aliphatic heterocycles. The fourth-order valence-corrected chi connectivity index (χ4v) is 5.21. The Morgan fingerprint density at radius 3 is 2.26 bits per heavy atom. The summed E-state index contributed by atoms with van der Waals surface area (Å²) in [6, 6.07) is 17.1. The highest BCUT2D eigenvalue weighted by atomic mass is 127. The van der Waals surface area contributed by atoms with Crippen molar-refractivity contribution in [2.24, 2.45) is 0 Å². The number of amides is 1. The Hall–Kier alpha value is -2.10. The van der Waals surface area contributed by atoms with E-state index in [-0.39, 0.29) is 11.4 Å². The van der Waals surface area contributed by atoms with Crippen LogP contribution in [0.25, 0.3) is 0 Å². The highest BCUT2D eigenvalue weighted by molar-refractivity contribution is 14.1. The number of sulfonamides is 1. The van der Waals surface area contributed by atoms with Crippen LogP contribution in [0.1, 0.15) is 16.7 Å². The number of halogens is 2. The zero-order valence-corrected chi connectivity index (χ0v) is 21.0. The van der Waals surface area contributed by atoms with Crippen molar-refractivity contribution in [1.82, 2.24) is 0 Å². The monoisotopic (exact) mass is 568 g/mol. The minimum absolute atomic E-state index is 0.105. The molecule has 31 heavy (non-hydrogen) atoms. The average molecular weight is 569 g/mol. The topological polar surface area (TPSA) is 66.5 Å². The van der Waals surface area contributed by atoms with Crippen molar-refractivity contribution in [1.29, 1.82) is 0 Å². The van der Waals surface area contributed by atoms with E-state index in [9.17, 15) is 13.2 Å². The number of nitrogens with one attached hydrogen (secondary N) is 1. The van der Waals surface area contributed by atoms with Gasteiger partial charge in [0.15, 0.2) is 0 Å². The molecule has 0 fully saturated rings. The molecule has 0 unspecified atom stereocenters. The minimum Gasteiger partial charge on any atom is -0.324 e. The highest BCUT2D eigenvalue weighted by Crippen LogP contribution is 2.28. The Kier molecular flexibility index (Phi) is 7.28. The number of nitrogens with zero attached hydrogens (tertiary/aromatic N) is 1. The average Bonchev–Trinajstić information content (AvgIpc) is 2.71. The number of hydrogen-bond acceptors (Lipinski definition) is 3. The van der Waals surface area contributed by atoms with Crippen LogP contribution in [0.4, 0.5) is 11.4 Å². The second kappa shape index (κ2) is 9.58. The first-order chi connectivity index (χ1) is 14.6. The van der Waals surface area contributed by atoms with Crippen molar-refractivity contribution in [3.63, 3.8) is 0 Å². The number of hydrogen-bond donors (Lipinski definition) is 1. The van der Waals surface area contributed by atoms with E-state index in [4.69, 9.17) is 11.6 Å². The van der Waals surface area contributed by atoms with Gasteiger partial charge in [0.1, 0.15) is 6.54 Å². The summed E-state index contributed by atoms with van der Waals surface area (Å²) in [5.74, 6) is -0.448. The van der Waals surface area contributed by atoms with Crippen molar-refractivity contribution < 1.29 is 13.2 Å². The molecule has 0 aliphatic carbocycles. The maximum absolute atomic E-state index is 13.4. The van der Waals surface area contributed by atoms with Gasteiger partial charge < -0.3 is 5.32 Å². The summed E-state index contributed by atoms with van der Waals surface area (Å²) in [6.07, 6.45) is 0. The van der Waals surface area contributed by atoms with E-state index in [0.717, 1.165) is 24.6 Å². The molecule has 0 saturated carbocycles. The summed E-state index contributed by atoms with van der Waals surface area (Å²) in [5.41, 5.74) is 3.62. The molecule has 162 valence electrons. The third-order valence-corrected chi connectivity index (χ3v) is 7.67. The summed E-state index contributed by atoms with van der Waals surface area (Å²) in [4.78, 5) is 13.0.